The van der Waals surface area contributed by atoms with Crippen LogP contribution in [0.5, 0.6) is 0 Å². The summed E-state index contributed by atoms with van der Waals surface area (Å²) in [6, 6.07) is 10.1. The van der Waals surface area contributed by atoms with E-state index >= 15 is 0 Å². The predicted octanol–water partition coefficient (Wildman–Crippen LogP) is 3.93. The van der Waals surface area contributed by atoms with Crippen molar-refractivity contribution >= 4 is 21.8 Å². The van der Waals surface area contributed by atoms with Crippen LogP contribution in [0.4, 0.5) is 0 Å². The number of carbonyl (C=O) groups excluding carboxylic acids is 1. The van der Waals surface area contributed by atoms with Crippen LogP contribution >= 0.6 is 15.9 Å². The maximum Gasteiger partial charge on any atom is 0.240 e. The molecule has 0 spiro atoms. The summed E-state index contributed by atoms with van der Waals surface area (Å²) >= 11 is 3.42. The van der Waals surface area contributed by atoms with Crippen LogP contribution < -0.4 is 5.32 Å². The molecule has 20 heavy (non-hydrogen) atoms. The second kappa shape index (κ2) is 6.90. The Morgan fingerprint density at radius 1 is 1.30 bits per heavy atom. The van der Waals surface area contributed by atoms with E-state index in [-0.39, 0.29) is 5.91 Å². The number of nitrogens with zero attached hydrogens (tertiary/aromatic N) is 1. The van der Waals surface area contributed by atoms with Crippen molar-refractivity contribution in [2.45, 2.75) is 45.1 Å². The molecule has 0 unspecified atom stereocenters. The van der Waals surface area contributed by atoms with Crippen LogP contribution in [-0.4, -0.2) is 5.91 Å². The lowest BCUT2D eigenvalue weighted by atomic mass is 9.81. The maximum atomic E-state index is 12.4. The Bertz CT molecular complexity index is 513. The molecule has 1 saturated carbocycles. The predicted molar refractivity (Wildman–Crippen MR) is 81.7 cm³/mol. The number of hydrogen-bond acceptors (Lipinski definition) is 2. The Kier molecular flexibility index (Phi) is 5.19. The smallest absolute Gasteiger partial charge is 0.240 e. The molecule has 4 heteroatoms. The van der Waals surface area contributed by atoms with Crippen molar-refractivity contribution in [1.82, 2.24) is 5.32 Å². The SMILES string of the molecule is N#CC1(C(=O)NCc2cccc(Br)c2)CCCCCC1. The molecule has 0 saturated heterocycles. The fourth-order valence-electron chi connectivity index (χ4n) is 2.72. The van der Waals surface area contributed by atoms with Crippen LogP contribution in [0, 0.1) is 16.7 Å². The maximum absolute atomic E-state index is 12.4. The molecular formula is C16H19BrN2O. The summed E-state index contributed by atoms with van der Waals surface area (Å²) in [5.41, 5.74) is 0.220. The van der Waals surface area contributed by atoms with Crippen LogP contribution in [0.2, 0.25) is 0 Å². The van der Waals surface area contributed by atoms with Gasteiger partial charge < -0.3 is 5.32 Å². The second-order valence-corrected chi connectivity index (χ2v) is 6.34. The van der Waals surface area contributed by atoms with E-state index in [1.807, 2.05) is 24.3 Å². The molecule has 1 amide bonds. The number of nitriles is 1. The molecule has 0 aliphatic heterocycles. The van der Waals surface area contributed by atoms with Gasteiger partial charge in [0.05, 0.1) is 6.07 Å². The second-order valence-electron chi connectivity index (χ2n) is 5.42. The quantitative estimate of drug-likeness (QED) is 0.851. The molecule has 0 atom stereocenters. The van der Waals surface area contributed by atoms with Crippen LogP contribution in [0.1, 0.15) is 44.1 Å². The van der Waals surface area contributed by atoms with Crippen molar-refractivity contribution in [3.63, 3.8) is 0 Å². The minimum Gasteiger partial charge on any atom is -0.351 e. The first-order chi connectivity index (χ1) is 9.66. The van der Waals surface area contributed by atoms with Gasteiger partial charge in [0.1, 0.15) is 5.41 Å². The highest BCUT2D eigenvalue weighted by Gasteiger charge is 2.38. The molecule has 0 aromatic heterocycles. The number of nitrogens with one attached hydrogen (secondary N) is 1. The normalized spacial score (nSPS) is 17.8. The monoisotopic (exact) mass is 334 g/mol. The summed E-state index contributed by atoms with van der Waals surface area (Å²) in [5.74, 6) is -0.109. The Hall–Kier alpha value is -1.34. The summed E-state index contributed by atoms with van der Waals surface area (Å²) in [7, 11) is 0. The Labute approximate surface area is 128 Å². The van der Waals surface area contributed by atoms with E-state index in [1.54, 1.807) is 0 Å². The molecule has 1 fully saturated rings. The number of halogens is 1. The number of rotatable bonds is 3. The van der Waals surface area contributed by atoms with E-state index in [2.05, 4.69) is 27.3 Å². The van der Waals surface area contributed by atoms with Gasteiger partial charge in [0, 0.05) is 11.0 Å². The molecule has 3 nitrogen and oxygen atoms in total. The molecule has 1 aromatic carbocycles. The average Bonchev–Trinajstić information content (AvgIpc) is 2.71. The van der Waals surface area contributed by atoms with E-state index in [0.717, 1.165) is 35.7 Å². The van der Waals surface area contributed by atoms with Crippen LogP contribution in [0.15, 0.2) is 28.7 Å². The molecule has 0 bridgehead atoms. The lowest BCUT2D eigenvalue weighted by Gasteiger charge is -2.23. The minimum atomic E-state index is -0.817. The van der Waals surface area contributed by atoms with Crippen LogP contribution in [-0.2, 0) is 11.3 Å². The van der Waals surface area contributed by atoms with Gasteiger partial charge in [0.15, 0.2) is 0 Å². The van der Waals surface area contributed by atoms with Gasteiger partial charge in [-0.25, -0.2) is 0 Å². The summed E-state index contributed by atoms with van der Waals surface area (Å²) in [6.45, 7) is 0.474. The number of amides is 1. The molecular weight excluding hydrogens is 316 g/mol. The first-order valence-electron chi connectivity index (χ1n) is 7.10. The van der Waals surface area contributed by atoms with Gasteiger partial charge in [-0.1, -0.05) is 53.7 Å². The van der Waals surface area contributed by atoms with Crippen molar-refractivity contribution < 1.29 is 4.79 Å². The third-order valence-electron chi connectivity index (χ3n) is 3.95. The molecule has 0 radical (unpaired) electrons. The van der Waals surface area contributed by atoms with Gasteiger partial charge in [-0.3, -0.25) is 4.79 Å². The number of hydrogen-bond donors (Lipinski definition) is 1. The lowest BCUT2D eigenvalue weighted by Crippen LogP contribution is -2.39. The first kappa shape index (κ1) is 15.1. The van der Waals surface area contributed by atoms with Gasteiger partial charge in [0.25, 0.3) is 0 Å². The van der Waals surface area contributed by atoms with E-state index in [1.165, 1.54) is 0 Å². The molecule has 0 heterocycles. The Balaban J connectivity index is 2.01. The molecule has 1 N–H and O–H groups in total. The third kappa shape index (κ3) is 3.61. The highest BCUT2D eigenvalue weighted by molar-refractivity contribution is 9.10. The molecule has 1 aromatic rings. The minimum absolute atomic E-state index is 0.109. The summed E-state index contributed by atoms with van der Waals surface area (Å²) in [6.07, 6.45) is 5.57. The van der Waals surface area contributed by atoms with E-state index in [0.29, 0.717) is 19.4 Å². The van der Waals surface area contributed by atoms with Gasteiger partial charge in [-0.15, -0.1) is 0 Å². The average molecular weight is 335 g/mol. The highest BCUT2D eigenvalue weighted by Crippen LogP contribution is 2.34. The van der Waals surface area contributed by atoms with Gasteiger partial charge in [-0.05, 0) is 30.5 Å². The summed E-state index contributed by atoms with van der Waals surface area (Å²) in [4.78, 5) is 12.4. The molecule has 106 valence electrons. The van der Waals surface area contributed by atoms with Gasteiger partial charge >= 0.3 is 0 Å². The van der Waals surface area contributed by atoms with Crippen molar-refractivity contribution in [1.29, 1.82) is 5.26 Å². The standard InChI is InChI=1S/C16H19BrN2O/c17-14-7-5-6-13(10-14)11-19-15(20)16(12-18)8-3-1-2-4-9-16/h5-7,10H,1-4,8-9,11H2,(H,19,20). The fraction of sp³-hybridized carbons (Fsp3) is 0.500. The lowest BCUT2D eigenvalue weighted by molar-refractivity contribution is -0.129. The Morgan fingerprint density at radius 3 is 2.60 bits per heavy atom. The zero-order valence-electron chi connectivity index (χ0n) is 11.5. The van der Waals surface area contributed by atoms with Crippen molar-refractivity contribution in [3.8, 4) is 6.07 Å². The van der Waals surface area contributed by atoms with Crippen molar-refractivity contribution in [2.24, 2.45) is 5.41 Å². The zero-order valence-corrected chi connectivity index (χ0v) is 13.1. The fourth-order valence-corrected chi connectivity index (χ4v) is 3.17. The number of carbonyl (C=O) groups is 1. The van der Waals surface area contributed by atoms with E-state index in [9.17, 15) is 10.1 Å². The van der Waals surface area contributed by atoms with Gasteiger partial charge in [0.2, 0.25) is 5.91 Å². The van der Waals surface area contributed by atoms with Crippen LogP contribution in [0.25, 0.3) is 0 Å². The molecule has 2 rings (SSSR count). The highest BCUT2D eigenvalue weighted by atomic mass is 79.9. The van der Waals surface area contributed by atoms with E-state index < -0.39 is 5.41 Å². The van der Waals surface area contributed by atoms with Crippen molar-refractivity contribution in [2.75, 3.05) is 0 Å². The Morgan fingerprint density at radius 2 is 2.00 bits per heavy atom. The molecule has 1 aliphatic carbocycles. The van der Waals surface area contributed by atoms with Crippen LogP contribution in [0.3, 0.4) is 0 Å². The van der Waals surface area contributed by atoms with Crippen molar-refractivity contribution in [3.05, 3.63) is 34.3 Å². The summed E-state index contributed by atoms with van der Waals surface area (Å²) in [5, 5.41) is 12.4. The van der Waals surface area contributed by atoms with Gasteiger partial charge in [-0.2, -0.15) is 5.26 Å². The molecule has 1 aliphatic rings. The zero-order chi connectivity index (χ0) is 14.4. The first-order valence-corrected chi connectivity index (χ1v) is 7.90. The largest absolute Gasteiger partial charge is 0.351 e. The number of benzene rings is 1. The topological polar surface area (TPSA) is 52.9 Å². The summed E-state index contributed by atoms with van der Waals surface area (Å²) < 4.78 is 0.994. The van der Waals surface area contributed by atoms with E-state index in [4.69, 9.17) is 0 Å². The third-order valence-corrected chi connectivity index (χ3v) is 4.44.